The summed E-state index contributed by atoms with van der Waals surface area (Å²) < 4.78 is 26.7. The lowest BCUT2D eigenvalue weighted by Gasteiger charge is -2.19. The number of aliphatic carboxylic acids is 1. The fraction of sp³-hybridized carbons (Fsp3) is 0.500. The molecule has 0 heterocycles. The third-order valence-electron chi connectivity index (χ3n) is 4.65. The van der Waals surface area contributed by atoms with Crippen molar-refractivity contribution >= 4 is 17.6 Å². The number of rotatable bonds is 4. The molecule has 0 bridgehead atoms. The van der Waals surface area contributed by atoms with Crippen LogP contribution in [0.5, 0.6) is 0 Å². The molecule has 1 aromatic carbocycles. The lowest BCUT2D eigenvalue weighted by molar-refractivity contribution is -0.136. The van der Waals surface area contributed by atoms with Crippen LogP contribution in [0.3, 0.4) is 0 Å². The molecule has 0 saturated heterocycles. The van der Waals surface area contributed by atoms with Crippen molar-refractivity contribution in [1.29, 1.82) is 0 Å². The quantitative estimate of drug-likeness (QED) is 0.898. The van der Waals surface area contributed by atoms with E-state index < -0.39 is 29.6 Å². The number of nitrogens with one attached hydrogen (secondary N) is 1. The van der Waals surface area contributed by atoms with E-state index in [-0.39, 0.29) is 18.7 Å². The number of anilines is 1. The number of alkyl halides is 2. The number of halogens is 2. The van der Waals surface area contributed by atoms with Crippen LogP contribution in [0.25, 0.3) is 0 Å². The third kappa shape index (κ3) is 2.82. The minimum absolute atomic E-state index is 0.122. The fourth-order valence-corrected chi connectivity index (χ4v) is 3.40. The molecule has 3 atom stereocenters. The van der Waals surface area contributed by atoms with Gasteiger partial charge in [0.25, 0.3) is 5.92 Å². The summed E-state index contributed by atoms with van der Waals surface area (Å²) in [6.45, 7) is 0. The Hall–Kier alpha value is -1.98. The first-order valence-electron chi connectivity index (χ1n) is 7.37. The van der Waals surface area contributed by atoms with E-state index in [0.29, 0.717) is 24.1 Å². The predicted molar refractivity (Wildman–Crippen MR) is 75.7 cm³/mol. The summed E-state index contributed by atoms with van der Waals surface area (Å²) in [5, 5.41) is 11.5. The summed E-state index contributed by atoms with van der Waals surface area (Å²) in [7, 11) is 0. The molecule has 4 nitrogen and oxygen atoms in total. The highest BCUT2D eigenvalue weighted by Gasteiger charge is 2.69. The molecule has 6 heteroatoms. The Kier molecular flexibility index (Phi) is 3.62. The Morgan fingerprint density at radius 1 is 1.27 bits per heavy atom. The highest BCUT2D eigenvalue weighted by atomic mass is 19.3. The standard InChI is InChI=1S/C16H17F2NO3/c17-16(18)12-5-4-10(8-13(12)16)15(22)19-11-3-1-2-9(6-11)7-14(20)21/h1-3,6,10,12-13H,4-5,7-8H2,(H,19,22)(H,20,21). The third-order valence-corrected chi connectivity index (χ3v) is 4.65. The fourth-order valence-electron chi connectivity index (χ4n) is 3.40. The van der Waals surface area contributed by atoms with Crippen molar-refractivity contribution in [2.45, 2.75) is 31.6 Å². The molecule has 3 rings (SSSR count). The van der Waals surface area contributed by atoms with E-state index in [2.05, 4.69) is 5.32 Å². The first-order valence-corrected chi connectivity index (χ1v) is 7.37. The van der Waals surface area contributed by atoms with Crippen LogP contribution in [-0.4, -0.2) is 22.9 Å². The van der Waals surface area contributed by atoms with Crippen molar-refractivity contribution < 1.29 is 23.5 Å². The van der Waals surface area contributed by atoms with Crippen LogP contribution in [0.1, 0.15) is 24.8 Å². The van der Waals surface area contributed by atoms with Gasteiger partial charge in [0.2, 0.25) is 5.91 Å². The largest absolute Gasteiger partial charge is 0.481 e. The zero-order chi connectivity index (χ0) is 15.9. The van der Waals surface area contributed by atoms with Crippen molar-refractivity contribution in [2.24, 2.45) is 17.8 Å². The lowest BCUT2D eigenvalue weighted by Crippen LogP contribution is -2.25. The van der Waals surface area contributed by atoms with E-state index in [1.165, 1.54) is 0 Å². The van der Waals surface area contributed by atoms with E-state index in [0.717, 1.165) is 0 Å². The summed E-state index contributed by atoms with van der Waals surface area (Å²) in [5.41, 5.74) is 1.09. The van der Waals surface area contributed by atoms with Gasteiger partial charge in [0.1, 0.15) is 0 Å². The van der Waals surface area contributed by atoms with Gasteiger partial charge in [0, 0.05) is 23.4 Å². The van der Waals surface area contributed by atoms with Gasteiger partial charge >= 0.3 is 5.97 Å². The Labute approximate surface area is 126 Å². The van der Waals surface area contributed by atoms with Crippen molar-refractivity contribution in [3.63, 3.8) is 0 Å². The van der Waals surface area contributed by atoms with Crippen LogP contribution in [-0.2, 0) is 16.0 Å². The average molecular weight is 309 g/mol. The number of hydrogen-bond acceptors (Lipinski definition) is 2. The van der Waals surface area contributed by atoms with Crippen LogP contribution < -0.4 is 5.32 Å². The minimum Gasteiger partial charge on any atom is -0.481 e. The smallest absolute Gasteiger partial charge is 0.307 e. The van der Waals surface area contributed by atoms with Crippen LogP contribution in [0.2, 0.25) is 0 Å². The molecule has 2 aliphatic carbocycles. The van der Waals surface area contributed by atoms with Gasteiger partial charge in [-0.05, 0) is 37.0 Å². The molecule has 2 saturated carbocycles. The summed E-state index contributed by atoms with van der Waals surface area (Å²) >= 11 is 0. The first-order chi connectivity index (χ1) is 10.4. The number of hydrogen-bond donors (Lipinski definition) is 2. The summed E-state index contributed by atoms with van der Waals surface area (Å²) in [4.78, 5) is 22.9. The maximum atomic E-state index is 13.4. The molecule has 0 aromatic heterocycles. The molecule has 2 aliphatic rings. The molecule has 2 fully saturated rings. The molecular weight excluding hydrogens is 292 g/mol. The Balaban J connectivity index is 1.61. The van der Waals surface area contributed by atoms with Gasteiger partial charge in [-0.2, -0.15) is 0 Å². The SMILES string of the molecule is O=C(O)Cc1cccc(NC(=O)C2CCC3C(C2)C3(F)F)c1. The zero-order valence-corrected chi connectivity index (χ0v) is 11.9. The zero-order valence-electron chi connectivity index (χ0n) is 11.9. The van der Waals surface area contributed by atoms with Crippen molar-refractivity contribution in [1.82, 2.24) is 0 Å². The molecule has 0 spiro atoms. The first kappa shape index (κ1) is 14.9. The molecule has 0 aliphatic heterocycles. The number of carboxylic acid groups (broad SMARTS) is 1. The summed E-state index contributed by atoms with van der Waals surface area (Å²) in [6.07, 6.45) is 0.994. The number of benzene rings is 1. The monoisotopic (exact) mass is 309 g/mol. The number of carboxylic acids is 1. The number of amides is 1. The van der Waals surface area contributed by atoms with Gasteiger partial charge in [0.05, 0.1) is 6.42 Å². The number of carbonyl (C=O) groups excluding carboxylic acids is 1. The second-order valence-electron chi connectivity index (χ2n) is 6.16. The van der Waals surface area contributed by atoms with Gasteiger partial charge < -0.3 is 10.4 Å². The molecular formula is C16H17F2NO3. The Bertz CT molecular complexity index is 617. The van der Waals surface area contributed by atoms with Crippen LogP contribution in [0, 0.1) is 17.8 Å². The van der Waals surface area contributed by atoms with Crippen LogP contribution in [0.4, 0.5) is 14.5 Å². The maximum absolute atomic E-state index is 13.4. The van der Waals surface area contributed by atoms with E-state index in [4.69, 9.17) is 5.11 Å². The molecule has 0 radical (unpaired) electrons. The highest BCUT2D eigenvalue weighted by molar-refractivity contribution is 5.92. The van der Waals surface area contributed by atoms with Gasteiger partial charge in [-0.3, -0.25) is 9.59 Å². The van der Waals surface area contributed by atoms with E-state index in [1.54, 1.807) is 24.3 Å². The van der Waals surface area contributed by atoms with E-state index in [9.17, 15) is 18.4 Å². The second kappa shape index (κ2) is 5.34. The Morgan fingerprint density at radius 2 is 2.05 bits per heavy atom. The van der Waals surface area contributed by atoms with Gasteiger partial charge in [-0.25, -0.2) is 8.78 Å². The van der Waals surface area contributed by atoms with Gasteiger partial charge in [0.15, 0.2) is 0 Å². The van der Waals surface area contributed by atoms with Crippen molar-refractivity contribution in [3.8, 4) is 0 Å². The normalized spacial score (nSPS) is 28.5. The van der Waals surface area contributed by atoms with Crippen molar-refractivity contribution in [3.05, 3.63) is 29.8 Å². The predicted octanol–water partition coefficient (Wildman–Crippen LogP) is 2.93. The van der Waals surface area contributed by atoms with Crippen molar-refractivity contribution in [2.75, 3.05) is 5.32 Å². The lowest BCUT2D eigenvalue weighted by atomic mass is 9.88. The molecule has 22 heavy (non-hydrogen) atoms. The summed E-state index contributed by atoms with van der Waals surface area (Å²) in [5.74, 6) is -5.36. The Morgan fingerprint density at radius 3 is 2.73 bits per heavy atom. The molecule has 2 N–H and O–H groups in total. The van der Waals surface area contributed by atoms with Crippen LogP contribution in [0.15, 0.2) is 24.3 Å². The topological polar surface area (TPSA) is 66.4 Å². The minimum atomic E-state index is -2.59. The van der Waals surface area contributed by atoms with Crippen LogP contribution >= 0.6 is 0 Å². The highest BCUT2D eigenvalue weighted by Crippen LogP contribution is 2.63. The maximum Gasteiger partial charge on any atom is 0.307 e. The summed E-state index contributed by atoms with van der Waals surface area (Å²) in [6, 6.07) is 6.60. The van der Waals surface area contributed by atoms with Gasteiger partial charge in [-0.1, -0.05) is 12.1 Å². The molecule has 118 valence electrons. The number of fused-ring (bicyclic) bond motifs is 1. The van der Waals surface area contributed by atoms with Gasteiger partial charge in [-0.15, -0.1) is 0 Å². The average Bonchev–Trinajstić information content (AvgIpc) is 3.00. The number of carbonyl (C=O) groups is 2. The second-order valence-corrected chi connectivity index (χ2v) is 6.16. The molecule has 1 amide bonds. The molecule has 1 aromatic rings. The molecule has 3 unspecified atom stereocenters. The van der Waals surface area contributed by atoms with E-state index >= 15 is 0 Å². The van der Waals surface area contributed by atoms with E-state index in [1.807, 2.05) is 0 Å².